The van der Waals surface area contributed by atoms with Crippen LogP contribution in [0.25, 0.3) is 27.9 Å². The molecule has 1 aliphatic heterocycles. The van der Waals surface area contributed by atoms with Crippen molar-refractivity contribution < 1.29 is 19.0 Å². The summed E-state index contributed by atoms with van der Waals surface area (Å²) in [6, 6.07) is 18.8. The number of hydrogen-bond donors (Lipinski definition) is 0. The van der Waals surface area contributed by atoms with Crippen LogP contribution in [0.15, 0.2) is 60.9 Å². The van der Waals surface area contributed by atoms with Crippen LogP contribution in [0, 0.1) is 5.92 Å². The zero-order valence-electron chi connectivity index (χ0n) is 32.9. The minimum Gasteiger partial charge on any atom is -0.444 e. The molecule has 1 amide bonds. The lowest BCUT2D eigenvalue weighted by atomic mass is 9.92. The normalized spacial score (nSPS) is 14.6. The van der Waals surface area contributed by atoms with Gasteiger partial charge in [-0.25, -0.2) is 9.78 Å². The van der Waals surface area contributed by atoms with E-state index < -0.39 is 21.7 Å². The van der Waals surface area contributed by atoms with Crippen molar-refractivity contribution in [3.8, 4) is 22.4 Å². The third-order valence-electron chi connectivity index (χ3n) is 9.22. The van der Waals surface area contributed by atoms with Crippen molar-refractivity contribution in [2.75, 3.05) is 44.7 Å². The molecule has 1 saturated heterocycles. The molecule has 0 radical (unpaired) electrons. The minimum atomic E-state index is -1.26. The highest BCUT2D eigenvalue weighted by molar-refractivity contribution is 6.76. The maximum Gasteiger partial charge on any atom is 0.410 e. The summed E-state index contributed by atoms with van der Waals surface area (Å²) in [6.45, 7) is 23.4. The van der Waals surface area contributed by atoms with Crippen LogP contribution in [-0.4, -0.2) is 92.1 Å². The number of pyridine rings is 1. The molecule has 0 bridgehead atoms. The lowest BCUT2D eigenvalue weighted by Gasteiger charge is -2.33. The molecule has 12 heteroatoms. The Morgan fingerprint density at radius 2 is 1.50 bits per heavy atom. The highest BCUT2D eigenvalue weighted by Crippen LogP contribution is 2.31. The van der Waals surface area contributed by atoms with E-state index in [-0.39, 0.29) is 6.09 Å². The number of amides is 1. The topological polar surface area (TPSA) is 94.3 Å². The molecule has 1 aliphatic rings. The summed E-state index contributed by atoms with van der Waals surface area (Å²) in [5.74, 6) is 1.09. The number of likely N-dealkylation sites (tertiary alicyclic amines) is 1. The first kappa shape index (κ1) is 39.6. The highest BCUT2D eigenvalue weighted by Gasteiger charge is 2.28. The first-order chi connectivity index (χ1) is 24.5. The van der Waals surface area contributed by atoms with Crippen molar-refractivity contribution in [2.45, 2.75) is 97.0 Å². The van der Waals surface area contributed by atoms with Crippen molar-refractivity contribution in [3.63, 3.8) is 0 Å². The van der Waals surface area contributed by atoms with Gasteiger partial charge in [0.15, 0.2) is 0 Å². The largest absolute Gasteiger partial charge is 0.444 e. The number of fused-ring (bicyclic) bond motifs is 1. The molecule has 0 N–H and O–H groups in total. The smallest absolute Gasteiger partial charge is 0.410 e. The molecular weight excluding hydrogens is 685 g/mol. The van der Waals surface area contributed by atoms with Gasteiger partial charge in [-0.15, -0.1) is 0 Å². The molecule has 5 rings (SSSR count). The Kier molecular flexibility index (Phi) is 13.0. The average Bonchev–Trinajstić information content (AvgIpc) is 3.50. The van der Waals surface area contributed by atoms with Crippen molar-refractivity contribution in [2.24, 2.45) is 5.92 Å². The highest BCUT2D eigenvalue weighted by atomic mass is 28.3. The fourth-order valence-electron chi connectivity index (χ4n) is 6.09. The van der Waals surface area contributed by atoms with Crippen LogP contribution < -0.4 is 4.90 Å². The van der Waals surface area contributed by atoms with Crippen LogP contribution in [0.4, 0.5) is 10.7 Å². The zero-order valence-corrected chi connectivity index (χ0v) is 34.9. The monoisotopic (exact) mass is 744 g/mol. The third kappa shape index (κ3) is 11.7. The van der Waals surface area contributed by atoms with Crippen LogP contribution in [0.5, 0.6) is 0 Å². The summed E-state index contributed by atoms with van der Waals surface area (Å²) < 4.78 is 20.2. The van der Waals surface area contributed by atoms with Gasteiger partial charge in [0.25, 0.3) is 0 Å². The second-order valence-electron chi connectivity index (χ2n) is 17.6. The molecule has 282 valence electrons. The first-order valence-corrected chi connectivity index (χ1v) is 26.2. The first-order valence-electron chi connectivity index (χ1n) is 18.8. The van der Waals surface area contributed by atoms with Gasteiger partial charge in [0.1, 0.15) is 19.1 Å². The van der Waals surface area contributed by atoms with Crippen LogP contribution in [0.1, 0.15) is 39.3 Å². The molecule has 0 atom stereocenters. The number of ether oxygens (including phenoxy) is 3. The second kappa shape index (κ2) is 17.0. The molecule has 0 spiro atoms. The second-order valence-corrected chi connectivity index (χ2v) is 28.8. The van der Waals surface area contributed by atoms with E-state index in [9.17, 15) is 4.79 Å². The standard InChI is InChI=1S/C40H60N6O4Si2/c1-40(2,3)50-39(47)44-19-17-31(18-20-44)25-34-26-37-35(33-15-16-36(41-27-33)32-13-11-10-12-14-32)28-42-46(37)38(43-34)45(29-48-21-23-51(4,5)6)30-49-22-24-52(7,8)9/h10-16,26-28,31H,17-25,29-30H2,1-9H3. The number of nitrogens with zero attached hydrogens (tertiary/aromatic N) is 6. The van der Waals surface area contributed by atoms with Crippen LogP contribution >= 0.6 is 0 Å². The number of carbonyl (C=O) groups is 1. The summed E-state index contributed by atoms with van der Waals surface area (Å²) >= 11 is 0. The number of aromatic nitrogens is 4. The van der Waals surface area contributed by atoms with Gasteiger partial charge < -0.3 is 19.1 Å². The quantitative estimate of drug-likeness (QED) is 0.0676. The minimum absolute atomic E-state index is 0.234. The molecule has 3 aromatic heterocycles. The van der Waals surface area contributed by atoms with E-state index in [4.69, 9.17) is 29.3 Å². The van der Waals surface area contributed by atoms with Crippen LogP contribution in [-0.2, 0) is 20.6 Å². The molecular formula is C40H60N6O4Si2. The van der Waals surface area contributed by atoms with Gasteiger partial charge in [-0.3, -0.25) is 9.88 Å². The summed E-state index contributed by atoms with van der Waals surface area (Å²) in [4.78, 5) is 26.8. The predicted molar refractivity (Wildman–Crippen MR) is 216 cm³/mol. The molecule has 4 aromatic rings. The summed E-state index contributed by atoms with van der Waals surface area (Å²) in [7, 11) is -2.53. The molecule has 4 heterocycles. The lowest BCUT2D eigenvalue weighted by molar-refractivity contribution is 0.0184. The summed E-state index contributed by atoms with van der Waals surface area (Å²) in [6.07, 6.45) is 6.19. The molecule has 10 nitrogen and oxygen atoms in total. The molecule has 0 aliphatic carbocycles. The number of benzene rings is 1. The van der Waals surface area contributed by atoms with Gasteiger partial charge in [0.2, 0.25) is 5.95 Å². The Labute approximate surface area is 312 Å². The molecule has 1 aromatic carbocycles. The number of piperidine rings is 1. The lowest BCUT2D eigenvalue weighted by Crippen LogP contribution is -2.42. The van der Waals surface area contributed by atoms with Gasteiger partial charge in [-0.2, -0.15) is 9.61 Å². The van der Waals surface area contributed by atoms with Gasteiger partial charge >= 0.3 is 6.09 Å². The van der Waals surface area contributed by atoms with Gasteiger partial charge in [0, 0.05) is 71.0 Å². The Hall–Kier alpha value is -3.59. The van der Waals surface area contributed by atoms with Crippen LogP contribution in [0.3, 0.4) is 0 Å². The van der Waals surface area contributed by atoms with Gasteiger partial charge in [-0.05, 0) is 70.2 Å². The molecule has 52 heavy (non-hydrogen) atoms. The van der Waals surface area contributed by atoms with Crippen molar-refractivity contribution >= 4 is 33.7 Å². The van der Waals surface area contributed by atoms with E-state index in [1.165, 1.54) is 0 Å². The number of carbonyl (C=O) groups excluding carboxylic acids is 1. The number of hydrogen-bond acceptors (Lipinski definition) is 8. The average molecular weight is 745 g/mol. The van der Waals surface area contributed by atoms with E-state index in [0.717, 1.165) is 64.9 Å². The SMILES string of the molecule is CC(C)(C)OC(=O)N1CCC(Cc2cc3c(-c4ccc(-c5ccccc5)nc4)cnn3c(N(COCC[Si](C)(C)C)COCC[Si](C)(C)C)n2)CC1. The molecule has 0 unspecified atom stereocenters. The van der Waals surface area contributed by atoms with Gasteiger partial charge in [-0.1, -0.05) is 75.7 Å². The Morgan fingerprint density at radius 3 is 2.06 bits per heavy atom. The van der Waals surface area contributed by atoms with Crippen LogP contribution in [0.2, 0.25) is 51.4 Å². The Bertz CT molecular complexity index is 1720. The molecule has 1 fully saturated rings. The van der Waals surface area contributed by atoms with E-state index in [2.05, 4.69) is 74.5 Å². The zero-order chi connectivity index (χ0) is 37.5. The number of anilines is 1. The van der Waals surface area contributed by atoms with E-state index in [1.54, 1.807) is 0 Å². The molecule has 0 saturated carbocycles. The van der Waals surface area contributed by atoms with Crippen molar-refractivity contribution in [3.05, 3.63) is 66.6 Å². The number of rotatable bonds is 15. The predicted octanol–water partition coefficient (Wildman–Crippen LogP) is 9.08. The van der Waals surface area contributed by atoms with Gasteiger partial charge in [0.05, 0.1) is 17.4 Å². The fourth-order valence-corrected chi connectivity index (χ4v) is 7.60. The maximum atomic E-state index is 12.8. The fraction of sp³-hybridized carbons (Fsp3) is 0.550. The Morgan fingerprint density at radius 1 is 0.865 bits per heavy atom. The third-order valence-corrected chi connectivity index (χ3v) is 12.6. The van der Waals surface area contributed by atoms with Crippen molar-refractivity contribution in [1.82, 2.24) is 24.5 Å². The van der Waals surface area contributed by atoms with Crippen molar-refractivity contribution in [1.29, 1.82) is 0 Å². The Balaban J connectivity index is 1.45. The van der Waals surface area contributed by atoms with E-state index >= 15 is 0 Å². The van der Waals surface area contributed by atoms with E-state index in [1.807, 2.05) is 60.8 Å². The summed E-state index contributed by atoms with van der Waals surface area (Å²) in [5, 5.41) is 4.91. The van der Waals surface area contributed by atoms with E-state index in [0.29, 0.717) is 51.6 Å². The maximum absolute atomic E-state index is 12.8. The summed E-state index contributed by atoms with van der Waals surface area (Å²) in [5.41, 5.74) is 5.45.